The first kappa shape index (κ1) is 17.5. The maximum Gasteiger partial charge on any atom is 0.317 e. The molecule has 0 radical (unpaired) electrons. The summed E-state index contributed by atoms with van der Waals surface area (Å²) in [6, 6.07) is -0.0558. The van der Waals surface area contributed by atoms with Crippen LogP contribution in [0.5, 0.6) is 0 Å². The van der Waals surface area contributed by atoms with Crippen LogP contribution in [0.4, 0.5) is 4.79 Å². The van der Waals surface area contributed by atoms with Crippen molar-refractivity contribution in [3.05, 3.63) is 0 Å². The van der Waals surface area contributed by atoms with Crippen molar-refractivity contribution in [3.8, 4) is 0 Å². The highest BCUT2D eigenvalue weighted by atomic mass is 32.2. The zero-order valence-corrected chi connectivity index (χ0v) is 14.8. The van der Waals surface area contributed by atoms with E-state index in [9.17, 15) is 13.2 Å². The molecule has 0 unspecified atom stereocenters. The zero-order chi connectivity index (χ0) is 16.4. The summed E-state index contributed by atoms with van der Waals surface area (Å²) in [7, 11) is -2.80. The molecular formula is C15H29N3O3S. The Hall–Kier alpha value is -0.820. The van der Waals surface area contributed by atoms with Crippen molar-refractivity contribution in [2.45, 2.75) is 27.2 Å². The van der Waals surface area contributed by atoms with E-state index in [1.807, 2.05) is 4.90 Å². The fourth-order valence-corrected chi connectivity index (χ4v) is 4.37. The lowest BCUT2D eigenvalue weighted by molar-refractivity contribution is 0.129. The van der Waals surface area contributed by atoms with Crippen molar-refractivity contribution in [3.63, 3.8) is 0 Å². The van der Waals surface area contributed by atoms with Gasteiger partial charge in [0.2, 0.25) is 0 Å². The summed E-state index contributed by atoms with van der Waals surface area (Å²) in [4.78, 5) is 16.3. The lowest BCUT2D eigenvalue weighted by Gasteiger charge is -2.36. The normalized spacial score (nSPS) is 23.1. The van der Waals surface area contributed by atoms with Crippen LogP contribution in [0.1, 0.15) is 27.2 Å². The van der Waals surface area contributed by atoms with Crippen LogP contribution in [0.2, 0.25) is 0 Å². The SMILES string of the molecule is CC(C)(C)CCN1CCN(C(=O)NCC2CS(=O)(=O)C2)CC1. The number of hydrogen-bond acceptors (Lipinski definition) is 4. The van der Waals surface area contributed by atoms with Gasteiger partial charge in [-0.3, -0.25) is 4.90 Å². The average Bonchev–Trinajstić information content (AvgIpc) is 2.40. The van der Waals surface area contributed by atoms with E-state index in [4.69, 9.17) is 0 Å². The Morgan fingerprint density at radius 2 is 1.73 bits per heavy atom. The number of rotatable bonds is 4. The summed E-state index contributed by atoms with van der Waals surface area (Å²) < 4.78 is 22.2. The molecule has 0 aromatic rings. The quantitative estimate of drug-likeness (QED) is 0.827. The number of nitrogens with one attached hydrogen (secondary N) is 1. The molecule has 2 amide bonds. The third kappa shape index (κ3) is 5.43. The molecular weight excluding hydrogens is 302 g/mol. The van der Waals surface area contributed by atoms with E-state index < -0.39 is 9.84 Å². The molecule has 2 aliphatic rings. The molecule has 6 nitrogen and oxygen atoms in total. The number of piperazine rings is 1. The number of carbonyl (C=O) groups excluding carboxylic acids is 1. The van der Waals surface area contributed by atoms with Gasteiger partial charge in [0.05, 0.1) is 11.5 Å². The second kappa shape index (κ2) is 6.74. The minimum absolute atomic E-state index is 0.0558. The fourth-order valence-electron chi connectivity index (χ4n) is 2.80. The number of carbonyl (C=O) groups is 1. The summed E-state index contributed by atoms with van der Waals surface area (Å²) in [6.07, 6.45) is 1.16. The smallest absolute Gasteiger partial charge is 0.317 e. The molecule has 0 saturated carbocycles. The molecule has 0 aromatic carbocycles. The van der Waals surface area contributed by atoms with Gasteiger partial charge in [0.15, 0.2) is 9.84 Å². The van der Waals surface area contributed by atoms with Gasteiger partial charge in [0.25, 0.3) is 0 Å². The first-order valence-corrected chi connectivity index (χ1v) is 9.92. The number of amides is 2. The van der Waals surface area contributed by atoms with E-state index >= 15 is 0 Å². The van der Waals surface area contributed by atoms with Crippen LogP contribution >= 0.6 is 0 Å². The van der Waals surface area contributed by atoms with E-state index in [0.717, 1.165) is 39.1 Å². The number of urea groups is 1. The molecule has 0 spiro atoms. The molecule has 22 heavy (non-hydrogen) atoms. The second-order valence-electron chi connectivity index (χ2n) is 7.77. The van der Waals surface area contributed by atoms with Crippen molar-refractivity contribution in [2.24, 2.45) is 11.3 Å². The number of hydrogen-bond donors (Lipinski definition) is 1. The first-order chi connectivity index (χ1) is 10.1. The molecule has 128 valence electrons. The number of sulfone groups is 1. The molecule has 0 atom stereocenters. The third-order valence-corrected chi connectivity index (χ3v) is 6.32. The van der Waals surface area contributed by atoms with Gasteiger partial charge in [-0.25, -0.2) is 13.2 Å². The van der Waals surface area contributed by atoms with Gasteiger partial charge in [-0.1, -0.05) is 20.8 Å². The van der Waals surface area contributed by atoms with Gasteiger partial charge in [-0.05, 0) is 18.4 Å². The van der Waals surface area contributed by atoms with E-state index in [0.29, 0.717) is 12.0 Å². The van der Waals surface area contributed by atoms with Crippen LogP contribution in [-0.4, -0.2) is 75.0 Å². The highest BCUT2D eigenvalue weighted by Crippen LogP contribution is 2.19. The molecule has 2 aliphatic heterocycles. The van der Waals surface area contributed by atoms with Crippen LogP contribution in [0, 0.1) is 11.3 Å². The summed E-state index contributed by atoms with van der Waals surface area (Å²) in [5, 5.41) is 2.87. The predicted octanol–water partition coefficient (Wildman–Crippen LogP) is 0.794. The van der Waals surface area contributed by atoms with Gasteiger partial charge in [-0.15, -0.1) is 0 Å². The van der Waals surface area contributed by atoms with Crippen LogP contribution in [0.25, 0.3) is 0 Å². The Morgan fingerprint density at radius 3 is 2.23 bits per heavy atom. The summed E-state index contributed by atoms with van der Waals surface area (Å²) in [6.45, 7) is 11.6. The van der Waals surface area contributed by atoms with E-state index in [1.165, 1.54) is 0 Å². The Balaban J connectivity index is 1.63. The van der Waals surface area contributed by atoms with Crippen molar-refractivity contribution >= 4 is 15.9 Å². The average molecular weight is 331 g/mol. The zero-order valence-electron chi connectivity index (χ0n) is 14.0. The van der Waals surface area contributed by atoms with Crippen molar-refractivity contribution < 1.29 is 13.2 Å². The number of nitrogens with zero attached hydrogens (tertiary/aromatic N) is 2. The lowest BCUT2D eigenvalue weighted by Crippen LogP contribution is -2.53. The van der Waals surface area contributed by atoms with Crippen LogP contribution in [-0.2, 0) is 9.84 Å². The molecule has 0 aromatic heterocycles. The highest BCUT2D eigenvalue weighted by Gasteiger charge is 2.33. The van der Waals surface area contributed by atoms with Gasteiger partial charge in [0.1, 0.15) is 0 Å². The lowest BCUT2D eigenvalue weighted by atomic mass is 9.92. The monoisotopic (exact) mass is 331 g/mol. The maximum absolute atomic E-state index is 12.1. The van der Waals surface area contributed by atoms with E-state index in [1.54, 1.807) is 0 Å². The molecule has 1 N–H and O–H groups in total. The van der Waals surface area contributed by atoms with Crippen LogP contribution in [0.15, 0.2) is 0 Å². The van der Waals surface area contributed by atoms with Gasteiger partial charge >= 0.3 is 6.03 Å². The van der Waals surface area contributed by atoms with Crippen LogP contribution < -0.4 is 5.32 Å². The molecule has 2 fully saturated rings. The third-order valence-electron chi connectivity index (χ3n) is 4.36. The minimum Gasteiger partial charge on any atom is -0.338 e. The Morgan fingerprint density at radius 1 is 1.14 bits per heavy atom. The van der Waals surface area contributed by atoms with Crippen molar-refractivity contribution in [1.29, 1.82) is 0 Å². The van der Waals surface area contributed by atoms with E-state index in [2.05, 4.69) is 31.0 Å². The Kier molecular flexibility index (Phi) is 5.37. The van der Waals surface area contributed by atoms with Gasteiger partial charge < -0.3 is 10.2 Å². The highest BCUT2D eigenvalue weighted by molar-refractivity contribution is 7.92. The maximum atomic E-state index is 12.1. The molecule has 2 rings (SSSR count). The Bertz CT molecular complexity index is 479. The fraction of sp³-hybridized carbons (Fsp3) is 0.933. The summed E-state index contributed by atoms with van der Waals surface area (Å²) in [5.41, 5.74) is 0.345. The second-order valence-corrected chi connectivity index (χ2v) is 9.92. The van der Waals surface area contributed by atoms with Gasteiger partial charge in [-0.2, -0.15) is 0 Å². The largest absolute Gasteiger partial charge is 0.338 e. The first-order valence-electron chi connectivity index (χ1n) is 8.10. The van der Waals surface area contributed by atoms with E-state index in [-0.39, 0.29) is 23.5 Å². The standard InChI is InChI=1S/C15H29N3O3S/c1-15(2,3)4-5-17-6-8-18(9-7-17)14(19)16-10-13-11-22(20,21)12-13/h13H,4-12H2,1-3H3,(H,16,19). The molecule has 7 heteroatoms. The molecule has 0 bridgehead atoms. The minimum atomic E-state index is -2.80. The molecule has 2 saturated heterocycles. The van der Waals surface area contributed by atoms with Crippen molar-refractivity contribution in [1.82, 2.24) is 15.1 Å². The summed E-state index contributed by atoms with van der Waals surface area (Å²) >= 11 is 0. The predicted molar refractivity (Wildman–Crippen MR) is 87.6 cm³/mol. The van der Waals surface area contributed by atoms with Crippen LogP contribution in [0.3, 0.4) is 0 Å². The summed E-state index contributed by atoms with van der Waals surface area (Å²) in [5.74, 6) is 0.531. The van der Waals surface area contributed by atoms with Crippen molar-refractivity contribution in [2.75, 3.05) is 50.8 Å². The molecule has 2 heterocycles. The van der Waals surface area contributed by atoms with Gasteiger partial charge in [0, 0.05) is 38.6 Å². The Labute approximate surface area is 134 Å². The topological polar surface area (TPSA) is 69.7 Å². The molecule has 0 aliphatic carbocycles.